The minimum atomic E-state index is -0.951. The molecule has 1 saturated heterocycles. The molecule has 2 aromatic rings. The van der Waals surface area contributed by atoms with E-state index in [4.69, 9.17) is 4.74 Å². The Labute approximate surface area is 145 Å². The molecule has 6 nitrogen and oxygen atoms in total. The van der Waals surface area contributed by atoms with Crippen LogP contribution in [0.5, 0.6) is 5.75 Å². The fraction of sp³-hybridized carbons (Fsp3) is 0.263. The van der Waals surface area contributed by atoms with Gasteiger partial charge in [-0.1, -0.05) is 18.2 Å². The van der Waals surface area contributed by atoms with E-state index >= 15 is 0 Å². The fourth-order valence-electron chi connectivity index (χ4n) is 3.17. The molecular weight excluding hydrogens is 318 g/mol. The average molecular weight is 336 g/mol. The van der Waals surface area contributed by atoms with Gasteiger partial charge in [0.15, 0.2) is 12.4 Å². The van der Waals surface area contributed by atoms with Gasteiger partial charge in [0.2, 0.25) is 11.9 Å². The van der Waals surface area contributed by atoms with Crippen molar-refractivity contribution in [3.05, 3.63) is 60.4 Å². The number of carbonyl (C=O) groups excluding carboxylic acids is 2. The second kappa shape index (κ2) is 7.14. The van der Waals surface area contributed by atoms with E-state index in [1.807, 2.05) is 25.1 Å². The lowest BCUT2D eigenvalue weighted by molar-refractivity contribution is -0.713. The van der Waals surface area contributed by atoms with E-state index in [1.54, 1.807) is 41.2 Å². The molecule has 3 atom stereocenters. The number of hydrogen-bond acceptors (Lipinski definition) is 4. The number of nitriles is 1. The number of rotatable bonds is 4. The molecule has 1 N–H and O–H groups in total. The average Bonchev–Trinajstić information content (AvgIpc) is 2.63. The highest BCUT2D eigenvalue weighted by Crippen LogP contribution is 2.36. The summed E-state index contributed by atoms with van der Waals surface area (Å²) in [6.45, 7) is 2.44. The van der Waals surface area contributed by atoms with Crippen molar-refractivity contribution < 1.29 is 18.9 Å². The van der Waals surface area contributed by atoms with E-state index in [2.05, 4.69) is 11.4 Å². The van der Waals surface area contributed by atoms with Crippen LogP contribution in [0, 0.1) is 17.2 Å². The minimum absolute atomic E-state index is 0.411. The number of benzene rings is 1. The number of nitrogens with one attached hydrogen (secondary N) is 1. The molecule has 2 heterocycles. The molecule has 1 aromatic heterocycles. The summed E-state index contributed by atoms with van der Waals surface area (Å²) in [7, 11) is 0. The molecule has 1 fully saturated rings. The van der Waals surface area contributed by atoms with Crippen LogP contribution in [0.1, 0.15) is 24.4 Å². The summed E-state index contributed by atoms with van der Waals surface area (Å²) >= 11 is 0. The van der Waals surface area contributed by atoms with Gasteiger partial charge in [-0.05, 0) is 24.6 Å². The third kappa shape index (κ3) is 3.22. The standard InChI is InChI=1S/C19H17N3O3/c1-2-25-14-8-6-13(7-9-14)16-15(12-20)18(23)21-19(24)17(16)22-10-4-3-5-11-22/h3-11,15-17H,2H2,1H3/p+1/t15-,16+,17+/m0/s1. The van der Waals surface area contributed by atoms with Gasteiger partial charge < -0.3 is 4.74 Å². The topological polar surface area (TPSA) is 83.1 Å². The molecule has 6 heteroatoms. The molecule has 1 aliphatic heterocycles. The lowest BCUT2D eigenvalue weighted by Gasteiger charge is -2.30. The van der Waals surface area contributed by atoms with Gasteiger partial charge in [0.1, 0.15) is 11.7 Å². The number of ether oxygens (including phenoxy) is 1. The zero-order chi connectivity index (χ0) is 17.8. The maximum absolute atomic E-state index is 12.5. The summed E-state index contributed by atoms with van der Waals surface area (Å²) < 4.78 is 7.17. The lowest BCUT2D eigenvalue weighted by Crippen LogP contribution is -2.59. The van der Waals surface area contributed by atoms with E-state index in [9.17, 15) is 14.9 Å². The number of piperidine rings is 1. The summed E-state index contributed by atoms with van der Waals surface area (Å²) in [4.78, 5) is 24.7. The third-order valence-corrected chi connectivity index (χ3v) is 4.27. The molecule has 0 unspecified atom stereocenters. The summed E-state index contributed by atoms with van der Waals surface area (Å²) in [6, 6.07) is 14.0. The Kier molecular flexibility index (Phi) is 4.75. The third-order valence-electron chi connectivity index (χ3n) is 4.27. The van der Waals surface area contributed by atoms with Gasteiger partial charge in [-0.15, -0.1) is 0 Å². The number of aromatic nitrogens is 1. The van der Waals surface area contributed by atoms with Crippen LogP contribution in [0.15, 0.2) is 54.9 Å². The van der Waals surface area contributed by atoms with Gasteiger partial charge in [-0.2, -0.15) is 9.83 Å². The predicted octanol–water partition coefficient (Wildman–Crippen LogP) is 1.49. The molecule has 25 heavy (non-hydrogen) atoms. The highest BCUT2D eigenvalue weighted by atomic mass is 16.5. The van der Waals surface area contributed by atoms with Crippen LogP contribution in [0.4, 0.5) is 0 Å². The Bertz CT molecular complexity index is 812. The van der Waals surface area contributed by atoms with E-state index in [0.29, 0.717) is 12.4 Å². The first kappa shape index (κ1) is 16.7. The second-order valence-corrected chi connectivity index (χ2v) is 5.76. The van der Waals surface area contributed by atoms with E-state index < -0.39 is 29.7 Å². The smallest absolute Gasteiger partial charge is 0.296 e. The van der Waals surface area contributed by atoms with Gasteiger partial charge in [-0.25, -0.2) is 0 Å². The Balaban J connectivity index is 2.06. The fourth-order valence-corrected chi connectivity index (χ4v) is 3.17. The second-order valence-electron chi connectivity index (χ2n) is 5.76. The van der Waals surface area contributed by atoms with Gasteiger partial charge in [0.05, 0.1) is 18.6 Å². The van der Waals surface area contributed by atoms with E-state index in [-0.39, 0.29) is 0 Å². The predicted molar refractivity (Wildman–Crippen MR) is 88.3 cm³/mol. The van der Waals surface area contributed by atoms with Crippen LogP contribution in [0.3, 0.4) is 0 Å². The molecule has 0 spiro atoms. The quantitative estimate of drug-likeness (QED) is 0.677. The molecular formula is C19H18N3O3+. The molecule has 0 radical (unpaired) electrons. The first-order chi connectivity index (χ1) is 12.2. The molecule has 2 amide bonds. The van der Waals surface area contributed by atoms with Crippen molar-refractivity contribution in [2.24, 2.45) is 5.92 Å². The van der Waals surface area contributed by atoms with Crippen molar-refractivity contribution in [2.75, 3.05) is 6.61 Å². The minimum Gasteiger partial charge on any atom is -0.494 e. The van der Waals surface area contributed by atoms with Crippen molar-refractivity contribution >= 4 is 11.8 Å². The first-order valence-electron chi connectivity index (χ1n) is 8.08. The maximum Gasteiger partial charge on any atom is 0.296 e. The number of hydrogen-bond donors (Lipinski definition) is 1. The van der Waals surface area contributed by atoms with E-state index in [1.165, 1.54) is 0 Å². The molecule has 1 aliphatic rings. The highest BCUT2D eigenvalue weighted by Gasteiger charge is 2.50. The zero-order valence-corrected chi connectivity index (χ0v) is 13.8. The number of pyridine rings is 1. The summed E-state index contributed by atoms with van der Waals surface area (Å²) in [5.41, 5.74) is 0.750. The van der Waals surface area contributed by atoms with Crippen molar-refractivity contribution in [2.45, 2.75) is 18.9 Å². The number of nitrogens with zero attached hydrogens (tertiary/aromatic N) is 2. The molecule has 0 aliphatic carbocycles. The van der Waals surface area contributed by atoms with Crippen molar-refractivity contribution in [3.63, 3.8) is 0 Å². The molecule has 0 saturated carbocycles. The molecule has 3 rings (SSSR count). The zero-order valence-electron chi connectivity index (χ0n) is 13.8. The highest BCUT2D eigenvalue weighted by molar-refractivity contribution is 6.02. The molecule has 0 bridgehead atoms. The van der Waals surface area contributed by atoms with Gasteiger partial charge in [0, 0.05) is 12.1 Å². The van der Waals surface area contributed by atoms with Crippen LogP contribution in [0.25, 0.3) is 0 Å². The van der Waals surface area contributed by atoms with Gasteiger partial charge >= 0.3 is 0 Å². The Morgan fingerprint density at radius 2 is 1.80 bits per heavy atom. The van der Waals surface area contributed by atoms with Crippen molar-refractivity contribution in [1.29, 1.82) is 5.26 Å². The lowest BCUT2D eigenvalue weighted by atomic mass is 9.77. The largest absolute Gasteiger partial charge is 0.494 e. The Morgan fingerprint density at radius 3 is 2.40 bits per heavy atom. The van der Waals surface area contributed by atoms with Crippen LogP contribution < -0.4 is 14.6 Å². The summed E-state index contributed by atoms with van der Waals surface area (Å²) in [5.74, 6) is -1.79. The van der Waals surface area contributed by atoms with Crippen molar-refractivity contribution in [1.82, 2.24) is 5.32 Å². The monoisotopic (exact) mass is 336 g/mol. The van der Waals surface area contributed by atoms with Crippen LogP contribution in [-0.4, -0.2) is 18.4 Å². The Morgan fingerprint density at radius 1 is 1.12 bits per heavy atom. The van der Waals surface area contributed by atoms with Crippen LogP contribution >= 0.6 is 0 Å². The molecule has 126 valence electrons. The Hall–Kier alpha value is -3.20. The normalized spacial score (nSPS) is 22.8. The summed E-state index contributed by atoms with van der Waals surface area (Å²) in [5, 5.41) is 11.8. The van der Waals surface area contributed by atoms with Gasteiger partial charge in [0.25, 0.3) is 5.91 Å². The number of carbonyl (C=O) groups is 2. The van der Waals surface area contributed by atoms with E-state index in [0.717, 1.165) is 5.56 Å². The molecule has 1 aromatic carbocycles. The van der Waals surface area contributed by atoms with Crippen LogP contribution in [-0.2, 0) is 9.59 Å². The number of amides is 2. The summed E-state index contributed by atoms with van der Waals surface area (Å²) in [6.07, 6.45) is 3.52. The van der Waals surface area contributed by atoms with Crippen LogP contribution in [0.2, 0.25) is 0 Å². The van der Waals surface area contributed by atoms with Crippen molar-refractivity contribution in [3.8, 4) is 11.8 Å². The number of imide groups is 1. The SMILES string of the molecule is CCOc1ccc([C@@H]2[C@H](C#N)C(=O)NC(=O)[C@@H]2[n+]2ccccc2)cc1. The van der Waals surface area contributed by atoms with Gasteiger partial charge in [-0.3, -0.25) is 14.9 Å². The maximum atomic E-state index is 12.5. The first-order valence-corrected chi connectivity index (χ1v) is 8.08.